The van der Waals surface area contributed by atoms with E-state index in [2.05, 4.69) is 10.3 Å². The van der Waals surface area contributed by atoms with Gasteiger partial charge in [-0.3, -0.25) is 4.79 Å². The highest BCUT2D eigenvalue weighted by Crippen LogP contribution is 2.40. The molecule has 1 aromatic carbocycles. The van der Waals surface area contributed by atoms with Crippen molar-refractivity contribution in [3.8, 4) is 11.5 Å². The van der Waals surface area contributed by atoms with Crippen LogP contribution in [0.15, 0.2) is 23.2 Å². The molecule has 0 spiro atoms. The first kappa shape index (κ1) is 20.0. The summed E-state index contributed by atoms with van der Waals surface area (Å²) in [6.07, 6.45) is 11.6. The van der Waals surface area contributed by atoms with Gasteiger partial charge in [0.25, 0.3) is 5.91 Å². The van der Waals surface area contributed by atoms with Crippen LogP contribution in [0.5, 0.6) is 11.5 Å². The lowest BCUT2D eigenvalue weighted by Crippen LogP contribution is -2.36. The largest absolute Gasteiger partial charge is 0.504 e. The van der Waals surface area contributed by atoms with Crippen molar-refractivity contribution in [1.29, 1.82) is 0 Å². The number of carbonyl (C=O) groups is 1. The van der Waals surface area contributed by atoms with Gasteiger partial charge in [-0.2, -0.15) is 0 Å². The van der Waals surface area contributed by atoms with Gasteiger partial charge in [-0.25, -0.2) is 4.99 Å². The van der Waals surface area contributed by atoms with Gasteiger partial charge in [-0.1, -0.05) is 25.3 Å². The van der Waals surface area contributed by atoms with Crippen LogP contribution in [0.4, 0.5) is 5.00 Å². The first-order chi connectivity index (χ1) is 14.2. The molecule has 2 N–H and O–H groups in total. The fraction of sp³-hybridized carbons (Fsp3) is 0.478. The molecule has 0 saturated heterocycles. The molecule has 2 aliphatic carbocycles. The van der Waals surface area contributed by atoms with Crippen LogP contribution in [-0.2, 0) is 12.8 Å². The predicted octanol–water partition coefficient (Wildman–Crippen LogP) is 5.15. The second-order valence-corrected chi connectivity index (χ2v) is 8.94. The molecular formula is C23H28N2O3S. The van der Waals surface area contributed by atoms with Crippen molar-refractivity contribution in [2.24, 2.45) is 4.99 Å². The number of nitrogens with zero attached hydrogens (tertiary/aromatic N) is 1. The normalized spacial score (nSPS) is 17.3. The van der Waals surface area contributed by atoms with Gasteiger partial charge in [0.15, 0.2) is 11.5 Å². The van der Waals surface area contributed by atoms with Crippen molar-refractivity contribution < 1.29 is 14.6 Å². The van der Waals surface area contributed by atoms with E-state index < -0.39 is 0 Å². The fourth-order valence-electron chi connectivity index (χ4n) is 4.32. The Morgan fingerprint density at radius 3 is 2.79 bits per heavy atom. The molecule has 0 radical (unpaired) electrons. The molecule has 6 heteroatoms. The maximum Gasteiger partial charge on any atom is 0.254 e. The van der Waals surface area contributed by atoms with Crippen LogP contribution in [0.1, 0.15) is 71.3 Å². The number of para-hydroxylation sites is 1. The number of carbonyl (C=O) groups excluding carboxylic acids is 1. The number of amides is 1. The number of aryl methyl sites for hydroxylation is 1. The SMILES string of the molecule is COc1cccc(C=Nc2sc3c(c2C(=O)NC2CCCCC2)CCCC3)c1O. The molecule has 0 bridgehead atoms. The molecule has 1 heterocycles. The molecule has 0 aliphatic heterocycles. The second kappa shape index (κ2) is 8.99. The number of thiophene rings is 1. The zero-order chi connectivity index (χ0) is 20.2. The lowest BCUT2D eigenvalue weighted by Gasteiger charge is -2.23. The number of benzene rings is 1. The Bertz CT molecular complexity index is 913. The number of nitrogens with one attached hydrogen (secondary N) is 1. The zero-order valence-electron chi connectivity index (χ0n) is 16.9. The average molecular weight is 413 g/mol. The minimum atomic E-state index is 0.0123. The van der Waals surface area contributed by atoms with Crippen molar-refractivity contribution in [3.63, 3.8) is 0 Å². The average Bonchev–Trinajstić information content (AvgIpc) is 3.12. The van der Waals surface area contributed by atoms with Gasteiger partial charge >= 0.3 is 0 Å². The topological polar surface area (TPSA) is 70.9 Å². The molecule has 0 atom stereocenters. The lowest BCUT2D eigenvalue weighted by molar-refractivity contribution is 0.0927. The van der Waals surface area contributed by atoms with E-state index in [1.54, 1.807) is 29.7 Å². The number of phenolic OH excluding ortho intramolecular Hbond substituents is 1. The summed E-state index contributed by atoms with van der Waals surface area (Å²) in [5.74, 6) is 0.487. The molecule has 1 aromatic heterocycles. The van der Waals surface area contributed by atoms with Gasteiger partial charge in [-0.05, 0) is 56.2 Å². The van der Waals surface area contributed by atoms with Crippen molar-refractivity contribution in [1.82, 2.24) is 5.32 Å². The van der Waals surface area contributed by atoms with E-state index in [9.17, 15) is 9.90 Å². The van der Waals surface area contributed by atoms with Gasteiger partial charge in [0, 0.05) is 22.7 Å². The number of rotatable bonds is 5. The summed E-state index contributed by atoms with van der Waals surface area (Å²) in [6, 6.07) is 5.58. The highest BCUT2D eigenvalue weighted by Gasteiger charge is 2.27. The van der Waals surface area contributed by atoms with Crippen LogP contribution in [0.2, 0.25) is 0 Å². The third kappa shape index (κ3) is 4.32. The maximum atomic E-state index is 13.2. The van der Waals surface area contributed by atoms with Crippen molar-refractivity contribution in [2.45, 2.75) is 63.8 Å². The van der Waals surface area contributed by atoms with Crippen molar-refractivity contribution in [2.75, 3.05) is 7.11 Å². The molecule has 1 fully saturated rings. The van der Waals surface area contributed by atoms with Crippen LogP contribution in [-0.4, -0.2) is 30.4 Å². The van der Waals surface area contributed by atoms with Gasteiger partial charge in [0.2, 0.25) is 0 Å². The minimum Gasteiger partial charge on any atom is -0.504 e. The number of hydrogen-bond acceptors (Lipinski definition) is 5. The number of ether oxygens (including phenoxy) is 1. The van der Waals surface area contributed by atoms with Crippen molar-refractivity contribution >= 4 is 28.5 Å². The molecule has 154 valence electrons. The number of aliphatic imine (C=N–C) groups is 1. The predicted molar refractivity (Wildman–Crippen MR) is 117 cm³/mol. The van der Waals surface area contributed by atoms with Gasteiger partial charge < -0.3 is 15.2 Å². The van der Waals surface area contributed by atoms with Crippen LogP contribution < -0.4 is 10.1 Å². The Balaban J connectivity index is 1.64. The summed E-state index contributed by atoms with van der Waals surface area (Å²) in [7, 11) is 1.52. The number of phenols is 1. The van der Waals surface area contributed by atoms with E-state index >= 15 is 0 Å². The number of fused-ring (bicyclic) bond motifs is 1. The van der Waals surface area contributed by atoms with E-state index in [0.29, 0.717) is 11.3 Å². The fourth-order valence-corrected chi connectivity index (χ4v) is 5.55. The summed E-state index contributed by atoms with van der Waals surface area (Å²) >= 11 is 1.62. The highest BCUT2D eigenvalue weighted by atomic mass is 32.1. The van der Waals surface area contributed by atoms with Crippen LogP contribution >= 0.6 is 11.3 Å². The zero-order valence-corrected chi connectivity index (χ0v) is 17.7. The Morgan fingerprint density at radius 1 is 1.21 bits per heavy atom. The van der Waals surface area contributed by atoms with Crippen LogP contribution in [0.3, 0.4) is 0 Å². The molecular weight excluding hydrogens is 384 g/mol. The number of aromatic hydroxyl groups is 1. The van der Waals surface area contributed by atoms with E-state index in [-0.39, 0.29) is 17.7 Å². The summed E-state index contributed by atoms with van der Waals surface area (Å²) in [5, 5.41) is 14.3. The number of methoxy groups -OCH3 is 1. The Hall–Kier alpha value is -2.34. The molecule has 29 heavy (non-hydrogen) atoms. The lowest BCUT2D eigenvalue weighted by atomic mass is 9.93. The van der Waals surface area contributed by atoms with Crippen LogP contribution in [0, 0.1) is 0 Å². The van der Waals surface area contributed by atoms with E-state index in [4.69, 9.17) is 4.74 Å². The van der Waals surface area contributed by atoms with E-state index in [0.717, 1.165) is 49.1 Å². The molecule has 0 unspecified atom stereocenters. The summed E-state index contributed by atoms with van der Waals surface area (Å²) < 4.78 is 5.18. The third-order valence-electron chi connectivity index (χ3n) is 5.89. The maximum absolute atomic E-state index is 13.2. The van der Waals surface area contributed by atoms with Crippen LogP contribution in [0.25, 0.3) is 0 Å². The smallest absolute Gasteiger partial charge is 0.254 e. The summed E-state index contributed by atoms with van der Waals surface area (Å²) in [5.41, 5.74) is 2.50. The van der Waals surface area contributed by atoms with E-state index in [1.165, 1.54) is 36.8 Å². The monoisotopic (exact) mass is 412 g/mol. The first-order valence-corrected chi connectivity index (χ1v) is 11.3. The summed E-state index contributed by atoms with van der Waals surface area (Å²) in [4.78, 5) is 19.1. The highest BCUT2D eigenvalue weighted by molar-refractivity contribution is 7.16. The summed E-state index contributed by atoms with van der Waals surface area (Å²) in [6.45, 7) is 0. The van der Waals surface area contributed by atoms with Crippen molar-refractivity contribution in [3.05, 3.63) is 39.8 Å². The standard InChI is InChI=1S/C23H28N2O3S/c1-28-18-12-7-8-15(21(18)26)14-24-23-20(17-11-5-6-13-19(17)29-23)22(27)25-16-9-3-2-4-10-16/h7-8,12,14,16,26H,2-6,9-11,13H2,1H3,(H,25,27). The first-order valence-electron chi connectivity index (χ1n) is 10.5. The van der Waals surface area contributed by atoms with Gasteiger partial charge in [0.05, 0.1) is 12.7 Å². The number of hydrogen-bond donors (Lipinski definition) is 2. The molecule has 4 rings (SSSR count). The molecule has 1 saturated carbocycles. The minimum absolute atomic E-state index is 0.0123. The Labute approximate surface area is 175 Å². The quantitative estimate of drug-likeness (QED) is 0.667. The second-order valence-electron chi connectivity index (χ2n) is 7.86. The molecule has 2 aliphatic rings. The molecule has 2 aromatic rings. The molecule has 5 nitrogen and oxygen atoms in total. The Kier molecular flexibility index (Phi) is 6.19. The van der Waals surface area contributed by atoms with Gasteiger partial charge in [0.1, 0.15) is 5.00 Å². The van der Waals surface area contributed by atoms with Gasteiger partial charge in [-0.15, -0.1) is 11.3 Å². The molecule has 1 amide bonds. The third-order valence-corrected chi connectivity index (χ3v) is 7.09. The van der Waals surface area contributed by atoms with E-state index in [1.807, 2.05) is 6.07 Å². The Morgan fingerprint density at radius 2 is 2.00 bits per heavy atom.